The Morgan fingerprint density at radius 2 is 1.85 bits per heavy atom. The molecule has 2 aliphatic heterocycles. The highest BCUT2D eigenvalue weighted by molar-refractivity contribution is 6.02. The number of likely N-dealkylation sites (N-methyl/N-ethyl adjacent to an activating group) is 1. The number of nitrogens with one attached hydrogen (secondary N) is 4. The summed E-state index contributed by atoms with van der Waals surface area (Å²) < 4.78 is 5.40. The van der Waals surface area contributed by atoms with E-state index in [1.807, 2.05) is 32.0 Å². The molecule has 2 fully saturated rings. The van der Waals surface area contributed by atoms with Crippen molar-refractivity contribution in [3.8, 4) is 5.75 Å². The first-order chi connectivity index (χ1) is 19.1. The van der Waals surface area contributed by atoms with Crippen LogP contribution in [0.4, 0.5) is 0 Å². The zero-order valence-electron chi connectivity index (χ0n) is 23.9. The second-order valence-corrected chi connectivity index (χ2v) is 11.4. The maximum atomic E-state index is 13.6. The number of aromatic nitrogens is 1. The van der Waals surface area contributed by atoms with Crippen molar-refractivity contribution < 1.29 is 23.9 Å². The zero-order valence-corrected chi connectivity index (χ0v) is 23.9. The number of hydrogen-bond donors (Lipinski definition) is 4. The molecule has 11 heteroatoms. The maximum absolute atomic E-state index is 13.6. The van der Waals surface area contributed by atoms with Gasteiger partial charge in [0.15, 0.2) is 5.78 Å². The van der Waals surface area contributed by atoms with Crippen molar-refractivity contribution >= 4 is 34.4 Å². The Labute approximate surface area is 235 Å². The smallest absolute Gasteiger partial charge is 0.268 e. The Morgan fingerprint density at radius 1 is 1.10 bits per heavy atom. The predicted octanol–water partition coefficient (Wildman–Crippen LogP) is 1.15. The van der Waals surface area contributed by atoms with Crippen LogP contribution in [-0.2, 0) is 14.4 Å². The lowest BCUT2D eigenvalue weighted by Gasteiger charge is -2.33. The topological polar surface area (TPSA) is 136 Å². The van der Waals surface area contributed by atoms with Gasteiger partial charge in [-0.05, 0) is 50.4 Å². The number of carbonyl (C=O) groups excluding carboxylic acids is 4. The summed E-state index contributed by atoms with van der Waals surface area (Å²) >= 11 is 0. The summed E-state index contributed by atoms with van der Waals surface area (Å²) in [7, 11) is 3.62. The van der Waals surface area contributed by atoms with Gasteiger partial charge >= 0.3 is 0 Å². The van der Waals surface area contributed by atoms with Gasteiger partial charge in [-0.15, -0.1) is 0 Å². The molecule has 2 saturated heterocycles. The van der Waals surface area contributed by atoms with Gasteiger partial charge in [-0.1, -0.05) is 19.9 Å². The summed E-state index contributed by atoms with van der Waals surface area (Å²) in [6.45, 7) is 8.01. The third kappa shape index (κ3) is 7.39. The van der Waals surface area contributed by atoms with Crippen LogP contribution in [-0.4, -0.2) is 104 Å². The lowest BCUT2D eigenvalue weighted by atomic mass is 9.94. The molecule has 1 aromatic heterocycles. The van der Waals surface area contributed by atoms with Crippen molar-refractivity contribution in [2.75, 3.05) is 53.4 Å². The van der Waals surface area contributed by atoms with Crippen LogP contribution in [0.1, 0.15) is 43.6 Å². The Kier molecular flexibility index (Phi) is 9.80. The number of fused-ring (bicyclic) bond motifs is 1. The summed E-state index contributed by atoms with van der Waals surface area (Å²) in [6, 6.07) is 5.54. The van der Waals surface area contributed by atoms with Gasteiger partial charge in [-0.3, -0.25) is 24.1 Å². The van der Waals surface area contributed by atoms with Gasteiger partial charge in [0, 0.05) is 49.5 Å². The molecule has 11 nitrogen and oxygen atoms in total. The first-order valence-corrected chi connectivity index (χ1v) is 14.1. The molecule has 2 aromatic rings. The van der Waals surface area contributed by atoms with Crippen LogP contribution in [0.3, 0.4) is 0 Å². The highest BCUT2D eigenvalue weighted by Gasteiger charge is 2.34. The van der Waals surface area contributed by atoms with Crippen LogP contribution in [0.5, 0.6) is 5.75 Å². The molecule has 0 bridgehead atoms. The number of benzene rings is 1. The molecule has 4 N–H and O–H groups in total. The van der Waals surface area contributed by atoms with Gasteiger partial charge < -0.3 is 30.6 Å². The third-order valence-electron chi connectivity index (χ3n) is 7.78. The van der Waals surface area contributed by atoms with Crippen LogP contribution >= 0.6 is 0 Å². The van der Waals surface area contributed by atoms with E-state index in [-0.39, 0.29) is 36.5 Å². The van der Waals surface area contributed by atoms with Crippen LogP contribution < -0.4 is 20.7 Å². The number of methoxy groups -OCH3 is 1. The Hall–Kier alpha value is -3.44. The number of hydrogen-bond acceptors (Lipinski definition) is 7. The minimum atomic E-state index is -0.850. The van der Waals surface area contributed by atoms with E-state index in [2.05, 4.69) is 37.8 Å². The zero-order chi connectivity index (χ0) is 28.8. The number of Topliss-reactive ketones (excluding diaryl/α,β-unsaturated/α-hetero) is 1. The first-order valence-electron chi connectivity index (χ1n) is 14.1. The quantitative estimate of drug-likeness (QED) is 0.309. The molecule has 218 valence electrons. The highest BCUT2D eigenvalue weighted by Crippen LogP contribution is 2.26. The summed E-state index contributed by atoms with van der Waals surface area (Å²) in [4.78, 5) is 60.0. The van der Waals surface area contributed by atoms with E-state index in [9.17, 15) is 19.2 Å². The van der Waals surface area contributed by atoms with E-state index in [4.69, 9.17) is 4.74 Å². The van der Waals surface area contributed by atoms with Crippen molar-refractivity contribution in [2.45, 2.75) is 45.2 Å². The molecule has 3 atom stereocenters. The van der Waals surface area contributed by atoms with Crippen LogP contribution in [0.15, 0.2) is 24.3 Å². The average molecular weight is 555 g/mol. The van der Waals surface area contributed by atoms with E-state index in [0.717, 1.165) is 37.1 Å². The molecule has 0 saturated carbocycles. The summed E-state index contributed by atoms with van der Waals surface area (Å²) in [5.74, 6) is -0.634. The number of rotatable bonds is 12. The Balaban J connectivity index is 1.48. The van der Waals surface area contributed by atoms with Crippen molar-refractivity contribution in [1.82, 2.24) is 30.7 Å². The van der Waals surface area contributed by atoms with Crippen LogP contribution in [0, 0.1) is 11.8 Å². The van der Waals surface area contributed by atoms with Gasteiger partial charge in [0.1, 0.15) is 17.5 Å². The molecule has 3 heterocycles. The van der Waals surface area contributed by atoms with Gasteiger partial charge in [-0.2, -0.15) is 0 Å². The molecule has 1 unspecified atom stereocenters. The van der Waals surface area contributed by atoms with Crippen molar-refractivity contribution in [3.05, 3.63) is 30.0 Å². The molecular weight excluding hydrogens is 512 g/mol. The number of ketones is 1. The average Bonchev–Trinajstić information content (AvgIpc) is 3.54. The SMILES string of the molecule is COc1cccc2[nH]c(C(=O)NC(CC(C)C)C(=O)N[C@@H](C[C@@H]3CCNC3=O)C(=O)CN3CCN(C)CC3)cc12. The summed E-state index contributed by atoms with van der Waals surface area (Å²) in [5.41, 5.74) is 1.06. The van der Waals surface area contributed by atoms with Crippen LogP contribution in [0.2, 0.25) is 0 Å². The maximum Gasteiger partial charge on any atom is 0.268 e. The molecule has 0 radical (unpaired) electrons. The van der Waals surface area contributed by atoms with Gasteiger partial charge in [0.05, 0.1) is 19.7 Å². The number of ether oxygens (including phenoxy) is 1. The first kappa shape index (κ1) is 29.5. The fourth-order valence-corrected chi connectivity index (χ4v) is 5.40. The normalized spacial score (nSPS) is 19.8. The lowest BCUT2D eigenvalue weighted by molar-refractivity contribution is -0.131. The van der Waals surface area contributed by atoms with Gasteiger partial charge in [0.2, 0.25) is 11.8 Å². The molecule has 4 rings (SSSR count). The molecule has 2 aliphatic rings. The van der Waals surface area contributed by atoms with E-state index < -0.39 is 23.9 Å². The Bertz CT molecular complexity index is 1220. The number of carbonyl (C=O) groups is 4. The number of H-pyrrole nitrogens is 1. The van der Waals surface area contributed by atoms with Crippen molar-refractivity contribution in [2.24, 2.45) is 11.8 Å². The second kappa shape index (κ2) is 13.3. The molecule has 1 aromatic carbocycles. The standard InChI is InChI=1S/C29H42N6O5/c1-18(2)14-23(33-29(39)24-16-20-21(31-24)6-5-7-26(20)40-4)28(38)32-22(15-19-8-9-30-27(19)37)25(36)17-35-12-10-34(3)11-13-35/h5-7,16,18-19,22-23,31H,8-15,17H2,1-4H3,(H,30,37)(H,32,38)(H,33,39)/t19-,22-,23?/m0/s1. The molecule has 40 heavy (non-hydrogen) atoms. The van der Waals surface area contributed by atoms with E-state index in [1.54, 1.807) is 13.2 Å². The fourth-order valence-electron chi connectivity index (χ4n) is 5.40. The highest BCUT2D eigenvalue weighted by atomic mass is 16.5. The van der Waals surface area contributed by atoms with E-state index >= 15 is 0 Å². The van der Waals surface area contributed by atoms with E-state index in [0.29, 0.717) is 30.8 Å². The van der Waals surface area contributed by atoms with Crippen molar-refractivity contribution in [3.63, 3.8) is 0 Å². The Morgan fingerprint density at radius 3 is 2.50 bits per heavy atom. The minimum absolute atomic E-state index is 0.0899. The van der Waals surface area contributed by atoms with Gasteiger partial charge in [0.25, 0.3) is 5.91 Å². The lowest BCUT2D eigenvalue weighted by Crippen LogP contribution is -2.55. The van der Waals surface area contributed by atoms with E-state index in [1.165, 1.54) is 0 Å². The van der Waals surface area contributed by atoms with Gasteiger partial charge in [-0.25, -0.2) is 0 Å². The fraction of sp³-hybridized carbons (Fsp3) is 0.586. The monoisotopic (exact) mass is 554 g/mol. The second-order valence-electron chi connectivity index (χ2n) is 11.4. The minimum Gasteiger partial charge on any atom is -0.496 e. The molecular formula is C29H42N6O5. The third-order valence-corrected chi connectivity index (χ3v) is 7.78. The predicted molar refractivity (Wildman–Crippen MR) is 152 cm³/mol. The number of aromatic amines is 1. The van der Waals surface area contributed by atoms with Crippen LogP contribution in [0.25, 0.3) is 10.9 Å². The molecule has 0 spiro atoms. The number of piperazine rings is 1. The summed E-state index contributed by atoms with van der Waals surface area (Å²) in [5, 5.41) is 9.37. The number of amides is 3. The molecule has 0 aliphatic carbocycles. The number of nitrogens with zero attached hydrogens (tertiary/aromatic N) is 2. The summed E-state index contributed by atoms with van der Waals surface area (Å²) in [6.07, 6.45) is 1.27. The van der Waals surface area contributed by atoms with Crippen molar-refractivity contribution in [1.29, 1.82) is 0 Å². The largest absolute Gasteiger partial charge is 0.496 e. The molecule has 3 amide bonds.